The SMILES string of the molecule is CC1CCCC(Nc2ccc([N+](=O)[O-])cc2F)(C(=O)O)C1. The molecule has 2 rings (SSSR count). The summed E-state index contributed by atoms with van der Waals surface area (Å²) in [5.74, 6) is -1.61. The van der Waals surface area contributed by atoms with Crippen molar-refractivity contribution in [1.82, 2.24) is 0 Å². The highest BCUT2D eigenvalue weighted by Gasteiger charge is 2.42. The lowest BCUT2D eigenvalue weighted by Crippen LogP contribution is -2.49. The second-order valence-corrected chi connectivity index (χ2v) is 5.64. The van der Waals surface area contributed by atoms with Gasteiger partial charge in [0.1, 0.15) is 5.54 Å². The van der Waals surface area contributed by atoms with Crippen molar-refractivity contribution in [2.24, 2.45) is 5.92 Å². The van der Waals surface area contributed by atoms with Crippen molar-refractivity contribution < 1.29 is 19.2 Å². The van der Waals surface area contributed by atoms with E-state index in [-0.39, 0.29) is 17.3 Å². The van der Waals surface area contributed by atoms with Crippen LogP contribution in [0.25, 0.3) is 0 Å². The summed E-state index contributed by atoms with van der Waals surface area (Å²) in [6, 6.07) is 3.18. The molecule has 1 saturated carbocycles. The number of carboxylic acid groups (broad SMARTS) is 1. The Morgan fingerprint density at radius 1 is 1.57 bits per heavy atom. The van der Waals surface area contributed by atoms with Crippen molar-refractivity contribution in [3.8, 4) is 0 Å². The van der Waals surface area contributed by atoms with Crippen LogP contribution in [-0.4, -0.2) is 21.5 Å². The zero-order chi connectivity index (χ0) is 15.6. The number of nitrogens with zero attached hydrogens (tertiary/aromatic N) is 1. The third-order valence-corrected chi connectivity index (χ3v) is 3.94. The van der Waals surface area contributed by atoms with Crippen LogP contribution in [0, 0.1) is 21.8 Å². The number of rotatable bonds is 4. The van der Waals surface area contributed by atoms with E-state index >= 15 is 0 Å². The summed E-state index contributed by atoms with van der Waals surface area (Å²) >= 11 is 0. The van der Waals surface area contributed by atoms with E-state index in [1.165, 1.54) is 6.07 Å². The summed E-state index contributed by atoms with van der Waals surface area (Å²) in [6.07, 6.45) is 2.50. The molecule has 0 amide bonds. The van der Waals surface area contributed by atoms with Crippen LogP contribution in [0.1, 0.15) is 32.6 Å². The second kappa shape index (κ2) is 5.67. The Balaban J connectivity index is 2.29. The van der Waals surface area contributed by atoms with E-state index in [0.29, 0.717) is 12.8 Å². The highest BCUT2D eigenvalue weighted by atomic mass is 19.1. The number of nitrogens with one attached hydrogen (secondary N) is 1. The number of nitro benzene ring substituents is 1. The van der Waals surface area contributed by atoms with Crippen molar-refractivity contribution >= 4 is 17.3 Å². The van der Waals surface area contributed by atoms with E-state index in [4.69, 9.17) is 0 Å². The predicted octanol–water partition coefficient (Wildman–Crippen LogP) is 3.18. The minimum absolute atomic E-state index is 0.0166. The third-order valence-electron chi connectivity index (χ3n) is 3.94. The van der Waals surface area contributed by atoms with Crippen LogP contribution < -0.4 is 5.32 Å². The third kappa shape index (κ3) is 3.12. The lowest BCUT2D eigenvalue weighted by atomic mass is 9.76. The maximum absolute atomic E-state index is 13.9. The molecule has 7 heteroatoms. The van der Waals surface area contributed by atoms with Crippen molar-refractivity contribution in [2.75, 3.05) is 5.32 Å². The zero-order valence-corrected chi connectivity index (χ0v) is 11.6. The van der Waals surface area contributed by atoms with Crippen LogP contribution in [0.15, 0.2) is 18.2 Å². The van der Waals surface area contributed by atoms with Gasteiger partial charge in [0.15, 0.2) is 5.82 Å². The van der Waals surface area contributed by atoms with Gasteiger partial charge in [-0.15, -0.1) is 0 Å². The van der Waals surface area contributed by atoms with Gasteiger partial charge in [0, 0.05) is 6.07 Å². The maximum Gasteiger partial charge on any atom is 0.329 e. The topological polar surface area (TPSA) is 92.5 Å². The average Bonchev–Trinajstić information content (AvgIpc) is 2.40. The molecule has 1 fully saturated rings. The van der Waals surface area contributed by atoms with Gasteiger partial charge in [0.05, 0.1) is 16.7 Å². The van der Waals surface area contributed by atoms with Crippen molar-refractivity contribution in [1.29, 1.82) is 0 Å². The van der Waals surface area contributed by atoms with Gasteiger partial charge < -0.3 is 10.4 Å². The number of halogens is 1. The average molecular weight is 296 g/mol. The van der Waals surface area contributed by atoms with Gasteiger partial charge in [-0.2, -0.15) is 0 Å². The van der Waals surface area contributed by atoms with Crippen LogP contribution in [-0.2, 0) is 4.79 Å². The Morgan fingerprint density at radius 2 is 2.29 bits per heavy atom. The molecule has 0 heterocycles. The molecule has 2 atom stereocenters. The van der Waals surface area contributed by atoms with E-state index in [1.807, 2.05) is 6.92 Å². The molecule has 2 N–H and O–H groups in total. The fourth-order valence-electron chi connectivity index (χ4n) is 2.89. The van der Waals surface area contributed by atoms with Crippen LogP contribution >= 0.6 is 0 Å². The van der Waals surface area contributed by atoms with E-state index in [1.54, 1.807) is 0 Å². The van der Waals surface area contributed by atoms with E-state index in [2.05, 4.69) is 5.32 Å². The minimum atomic E-state index is -1.21. The number of hydrogen-bond acceptors (Lipinski definition) is 4. The van der Waals surface area contributed by atoms with Gasteiger partial charge in [-0.1, -0.05) is 19.8 Å². The Kier molecular flexibility index (Phi) is 4.11. The molecule has 0 aliphatic heterocycles. The Hall–Kier alpha value is -2.18. The number of carboxylic acids is 1. The molecule has 0 radical (unpaired) electrons. The Labute approximate surface area is 121 Å². The first-order valence-corrected chi connectivity index (χ1v) is 6.79. The molecule has 2 unspecified atom stereocenters. The van der Waals surface area contributed by atoms with Crippen LogP contribution in [0.3, 0.4) is 0 Å². The Morgan fingerprint density at radius 3 is 2.81 bits per heavy atom. The molecular formula is C14H17FN2O4. The maximum atomic E-state index is 13.9. The molecule has 114 valence electrons. The number of aliphatic carboxylic acids is 1. The first-order chi connectivity index (χ1) is 9.84. The van der Waals surface area contributed by atoms with Gasteiger partial charge in [-0.3, -0.25) is 10.1 Å². The summed E-state index contributed by atoms with van der Waals surface area (Å²) in [5.41, 5.74) is -1.59. The lowest BCUT2D eigenvalue weighted by Gasteiger charge is -2.37. The number of hydrogen-bond donors (Lipinski definition) is 2. The quantitative estimate of drug-likeness (QED) is 0.657. The van der Waals surface area contributed by atoms with Crippen molar-refractivity contribution in [3.63, 3.8) is 0 Å². The normalized spacial score (nSPS) is 25.3. The number of benzene rings is 1. The summed E-state index contributed by atoms with van der Waals surface area (Å²) in [5, 5.41) is 22.9. The van der Waals surface area contributed by atoms with Crippen molar-refractivity contribution in [3.05, 3.63) is 34.1 Å². The molecule has 1 aromatic carbocycles. The molecular weight excluding hydrogens is 279 g/mol. The first kappa shape index (κ1) is 15.2. The zero-order valence-electron chi connectivity index (χ0n) is 11.6. The van der Waals surface area contributed by atoms with E-state index in [0.717, 1.165) is 25.0 Å². The van der Waals surface area contributed by atoms with Crippen LogP contribution in [0.4, 0.5) is 15.8 Å². The molecule has 6 nitrogen and oxygen atoms in total. The molecule has 0 spiro atoms. The largest absolute Gasteiger partial charge is 0.480 e. The van der Waals surface area contributed by atoms with Crippen LogP contribution in [0.2, 0.25) is 0 Å². The monoisotopic (exact) mass is 296 g/mol. The minimum Gasteiger partial charge on any atom is -0.480 e. The first-order valence-electron chi connectivity index (χ1n) is 6.79. The second-order valence-electron chi connectivity index (χ2n) is 5.64. The summed E-state index contributed by atoms with van der Waals surface area (Å²) < 4.78 is 13.9. The highest BCUT2D eigenvalue weighted by Crippen LogP contribution is 2.36. The molecule has 1 aromatic rings. The summed E-state index contributed by atoms with van der Waals surface area (Å²) in [4.78, 5) is 21.5. The molecule has 0 aromatic heterocycles. The van der Waals surface area contributed by atoms with Gasteiger partial charge in [-0.05, 0) is 24.8 Å². The lowest BCUT2D eigenvalue weighted by molar-refractivity contribution is -0.385. The molecule has 0 bridgehead atoms. The van der Waals surface area contributed by atoms with Crippen molar-refractivity contribution in [2.45, 2.75) is 38.1 Å². The fraction of sp³-hybridized carbons (Fsp3) is 0.500. The number of anilines is 1. The van der Waals surface area contributed by atoms with Gasteiger partial charge in [-0.25, -0.2) is 9.18 Å². The molecule has 0 saturated heterocycles. The number of carbonyl (C=O) groups is 1. The van der Waals surface area contributed by atoms with E-state index < -0.39 is 22.2 Å². The smallest absolute Gasteiger partial charge is 0.329 e. The molecule has 21 heavy (non-hydrogen) atoms. The van der Waals surface area contributed by atoms with E-state index in [9.17, 15) is 24.4 Å². The number of nitro groups is 1. The Bertz CT molecular complexity index is 578. The standard InChI is InChI=1S/C14H17FN2O4/c1-9-3-2-6-14(8-9,13(18)19)16-12-5-4-10(17(20)21)7-11(12)15/h4-5,7,9,16H,2-3,6,8H2,1H3,(H,18,19). The fourth-order valence-corrected chi connectivity index (χ4v) is 2.89. The van der Waals surface area contributed by atoms with Crippen LogP contribution in [0.5, 0.6) is 0 Å². The van der Waals surface area contributed by atoms with Gasteiger partial charge >= 0.3 is 5.97 Å². The summed E-state index contributed by atoms with van der Waals surface area (Å²) in [7, 11) is 0. The number of non-ortho nitro benzene ring substituents is 1. The van der Waals surface area contributed by atoms with Gasteiger partial charge in [0.2, 0.25) is 0 Å². The molecule has 1 aliphatic carbocycles. The highest BCUT2D eigenvalue weighted by molar-refractivity contribution is 5.83. The molecule has 1 aliphatic rings. The summed E-state index contributed by atoms with van der Waals surface area (Å²) in [6.45, 7) is 1.96. The predicted molar refractivity (Wildman–Crippen MR) is 74.7 cm³/mol. The van der Waals surface area contributed by atoms with Gasteiger partial charge in [0.25, 0.3) is 5.69 Å².